The number of carbonyl (C=O) groups excluding carboxylic acids is 1. The number of benzene rings is 1. The van der Waals surface area contributed by atoms with Crippen LogP contribution in [0.3, 0.4) is 0 Å². The molecule has 0 atom stereocenters. The second-order valence-corrected chi connectivity index (χ2v) is 3.03. The van der Waals surface area contributed by atoms with Crippen molar-refractivity contribution < 1.29 is 9.72 Å². The van der Waals surface area contributed by atoms with Gasteiger partial charge in [0.2, 0.25) is 0 Å². The van der Waals surface area contributed by atoms with Crippen molar-refractivity contribution in [1.82, 2.24) is 5.32 Å². The minimum absolute atomic E-state index is 0.107. The second kappa shape index (κ2) is 5.09. The van der Waals surface area contributed by atoms with Crippen molar-refractivity contribution in [3.8, 4) is 0 Å². The lowest BCUT2D eigenvalue weighted by Gasteiger charge is -2.03. The van der Waals surface area contributed by atoms with Gasteiger partial charge in [-0.2, -0.15) is 0 Å². The molecule has 1 amide bonds. The molecule has 80 valence electrons. The Labute approximate surface area is 87.3 Å². The summed E-state index contributed by atoms with van der Waals surface area (Å²) in [5.74, 6) is -0.399. The molecule has 0 saturated heterocycles. The normalized spacial score (nSPS) is 9.67. The molecular weight excluding hydrogens is 196 g/mol. The molecule has 0 bridgehead atoms. The van der Waals surface area contributed by atoms with Gasteiger partial charge in [0.25, 0.3) is 11.6 Å². The molecule has 0 saturated carbocycles. The summed E-state index contributed by atoms with van der Waals surface area (Å²) in [5, 5.41) is 13.2. The summed E-state index contributed by atoms with van der Waals surface area (Å²) >= 11 is 0. The molecule has 0 aliphatic rings. The molecule has 0 heterocycles. The van der Waals surface area contributed by atoms with Crippen molar-refractivity contribution in [3.63, 3.8) is 0 Å². The molecule has 15 heavy (non-hydrogen) atoms. The summed E-state index contributed by atoms with van der Waals surface area (Å²) in [6, 6.07) is 5.91. The van der Waals surface area contributed by atoms with Crippen LogP contribution in [0.1, 0.15) is 23.7 Å². The minimum Gasteiger partial charge on any atom is -0.352 e. The SMILES string of the molecule is CCCNC(=O)c1ccccc1[N+](=O)[O-]. The van der Waals surface area contributed by atoms with E-state index in [0.29, 0.717) is 6.54 Å². The zero-order chi connectivity index (χ0) is 11.3. The van der Waals surface area contributed by atoms with Crippen molar-refractivity contribution in [2.24, 2.45) is 0 Å². The number of rotatable bonds is 4. The van der Waals surface area contributed by atoms with E-state index in [1.807, 2.05) is 6.92 Å². The highest BCUT2D eigenvalue weighted by atomic mass is 16.6. The number of hydrogen-bond donors (Lipinski definition) is 1. The predicted molar refractivity (Wildman–Crippen MR) is 55.7 cm³/mol. The van der Waals surface area contributed by atoms with E-state index in [-0.39, 0.29) is 11.3 Å². The van der Waals surface area contributed by atoms with Crippen LogP contribution in [0.2, 0.25) is 0 Å². The molecule has 1 aromatic rings. The van der Waals surface area contributed by atoms with Crippen LogP contribution in [0, 0.1) is 10.1 Å². The number of nitrogens with zero attached hydrogens (tertiary/aromatic N) is 1. The van der Waals surface area contributed by atoms with Crippen LogP contribution < -0.4 is 5.32 Å². The second-order valence-electron chi connectivity index (χ2n) is 3.03. The molecule has 0 aliphatic carbocycles. The van der Waals surface area contributed by atoms with Gasteiger partial charge >= 0.3 is 0 Å². The summed E-state index contributed by atoms with van der Waals surface area (Å²) in [6.45, 7) is 2.44. The minimum atomic E-state index is -0.555. The van der Waals surface area contributed by atoms with Gasteiger partial charge in [-0.25, -0.2) is 0 Å². The first-order chi connectivity index (χ1) is 7.16. The fraction of sp³-hybridized carbons (Fsp3) is 0.300. The zero-order valence-electron chi connectivity index (χ0n) is 8.40. The van der Waals surface area contributed by atoms with Gasteiger partial charge in [-0.15, -0.1) is 0 Å². The molecule has 0 aromatic heterocycles. The third-order valence-corrected chi connectivity index (χ3v) is 1.88. The zero-order valence-corrected chi connectivity index (χ0v) is 8.40. The molecule has 0 unspecified atom stereocenters. The van der Waals surface area contributed by atoms with E-state index in [0.717, 1.165) is 6.42 Å². The monoisotopic (exact) mass is 208 g/mol. The van der Waals surface area contributed by atoms with Crippen molar-refractivity contribution >= 4 is 11.6 Å². The smallest absolute Gasteiger partial charge is 0.282 e. The molecule has 0 fully saturated rings. The first-order valence-corrected chi connectivity index (χ1v) is 4.68. The Hall–Kier alpha value is -1.91. The molecule has 1 aromatic carbocycles. The molecule has 0 spiro atoms. The van der Waals surface area contributed by atoms with E-state index in [1.54, 1.807) is 6.07 Å². The summed E-state index contributed by atoms with van der Waals surface area (Å²) < 4.78 is 0. The van der Waals surface area contributed by atoms with Crippen LogP contribution in [-0.2, 0) is 0 Å². The van der Waals surface area contributed by atoms with E-state index in [4.69, 9.17) is 0 Å². The summed E-state index contributed by atoms with van der Waals surface area (Å²) in [7, 11) is 0. The number of hydrogen-bond acceptors (Lipinski definition) is 3. The van der Waals surface area contributed by atoms with Gasteiger partial charge in [0, 0.05) is 12.6 Å². The van der Waals surface area contributed by atoms with Crippen molar-refractivity contribution in [2.75, 3.05) is 6.54 Å². The van der Waals surface area contributed by atoms with Gasteiger partial charge in [-0.3, -0.25) is 14.9 Å². The first-order valence-electron chi connectivity index (χ1n) is 4.68. The maximum atomic E-state index is 11.5. The third-order valence-electron chi connectivity index (χ3n) is 1.88. The van der Waals surface area contributed by atoms with Crippen molar-refractivity contribution in [1.29, 1.82) is 0 Å². The van der Waals surface area contributed by atoms with Crippen molar-refractivity contribution in [3.05, 3.63) is 39.9 Å². The van der Waals surface area contributed by atoms with Crippen LogP contribution >= 0.6 is 0 Å². The Balaban J connectivity index is 2.92. The molecule has 1 N–H and O–H groups in total. The third kappa shape index (κ3) is 2.77. The predicted octanol–water partition coefficient (Wildman–Crippen LogP) is 1.73. The molecule has 0 aliphatic heterocycles. The highest BCUT2D eigenvalue weighted by Crippen LogP contribution is 2.16. The Bertz CT molecular complexity index is 377. The highest BCUT2D eigenvalue weighted by molar-refractivity contribution is 5.98. The summed E-state index contributed by atoms with van der Waals surface area (Å²) in [5.41, 5.74) is -0.0537. The van der Waals surface area contributed by atoms with Gasteiger partial charge in [0.15, 0.2) is 0 Å². The Morgan fingerprint density at radius 1 is 1.47 bits per heavy atom. The Morgan fingerprint density at radius 2 is 2.13 bits per heavy atom. The topological polar surface area (TPSA) is 72.2 Å². The summed E-state index contributed by atoms with van der Waals surface area (Å²) in [4.78, 5) is 21.6. The fourth-order valence-corrected chi connectivity index (χ4v) is 1.16. The van der Waals surface area contributed by atoms with Crippen LogP contribution in [0.4, 0.5) is 5.69 Å². The summed E-state index contributed by atoms with van der Waals surface area (Å²) in [6.07, 6.45) is 0.798. The van der Waals surface area contributed by atoms with E-state index in [2.05, 4.69) is 5.32 Å². The Kier molecular flexibility index (Phi) is 3.79. The molecule has 0 radical (unpaired) electrons. The van der Waals surface area contributed by atoms with E-state index in [9.17, 15) is 14.9 Å². The van der Waals surface area contributed by atoms with Gasteiger partial charge < -0.3 is 5.32 Å². The standard InChI is InChI=1S/C10H12N2O3/c1-2-7-11-10(13)8-5-3-4-6-9(8)12(14)15/h3-6H,2,7H2,1H3,(H,11,13). The quantitative estimate of drug-likeness (QED) is 0.605. The lowest BCUT2D eigenvalue weighted by atomic mass is 10.1. The number of nitro groups is 1. The first kappa shape index (κ1) is 11.2. The number of nitro benzene ring substituents is 1. The number of carbonyl (C=O) groups is 1. The molecule has 5 nitrogen and oxygen atoms in total. The number of amides is 1. The van der Waals surface area contributed by atoms with Gasteiger partial charge in [-0.1, -0.05) is 19.1 Å². The maximum absolute atomic E-state index is 11.5. The van der Waals surface area contributed by atoms with Gasteiger partial charge in [0.1, 0.15) is 5.56 Å². The van der Waals surface area contributed by atoms with E-state index in [1.165, 1.54) is 18.2 Å². The fourth-order valence-electron chi connectivity index (χ4n) is 1.16. The average molecular weight is 208 g/mol. The maximum Gasteiger partial charge on any atom is 0.282 e. The molecule has 1 rings (SSSR count). The van der Waals surface area contributed by atoms with Crippen LogP contribution in [0.5, 0.6) is 0 Å². The number of nitrogens with one attached hydrogen (secondary N) is 1. The van der Waals surface area contributed by atoms with Crippen LogP contribution in [0.15, 0.2) is 24.3 Å². The number of para-hydroxylation sites is 1. The van der Waals surface area contributed by atoms with Gasteiger partial charge in [0.05, 0.1) is 4.92 Å². The molecule has 5 heteroatoms. The average Bonchev–Trinajstić information content (AvgIpc) is 2.25. The van der Waals surface area contributed by atoms with E-state index >= 15 is 0 Å². The van der Waals surface area contributed by atoms with E-state index < -0.39 is 10.8 Å². The van der Waals surface area contributed by atoms with Gasteiger partial charge in [-0.05, 0) is 12.5 Å². The highest BCUT2D eigenvalue weighted by Gasteiger charge is 2.18. The molecular formula is C10H12N2O3. The van der Waals surface area contributed by atoms with Crippen molar-refractivity contribution in [2.45, 2.75) is 13.3 Å². The lowest BCUT2D eigenvalue weighted by Crippen LogP contribution is -2.24. The van der Waals surface area contributed by atoms with Crippen LogP contribution in [0.25, 0.3) is 0 Å². The van der Waals surface area contributed by atoms with Crippen LogP contribution in [-0.4, -0.2) is 17.4 Å². The Morgan fingerprint density at radius 3 is 2.73 bits per heavy atom. The lowest BCUT2D eigenvalue weighted by molar-refractivity contribution is -0.385. The largest absolute Gasteiger partial charge is 0.352 e.